The fraction of sp³-hybridized carbons (Fsp3) is 0.500. The van der Waals surface area contributed by atoms with Gasteiger partial charge in [0.25, 0.3) is 0 Å². The van der Waals surface area contributed by atoms with Gasteiger partial charge in [-0.1, -0.05) is 20.8 Å². The van der Waals surface area contributed by atoms with Crippen LogP contribution in [0.25, 0.3) is 0 Å². The molecule has 0 unspecified atom stereocenters. The van der Waals surface area contributed by atoms with Gasteiger partial charge in [-0.25, -0.2) is 9.97 Å². The third kappa shape index (κ3) is 6.81. The first kappa shape index (κ1) is 22.2. The molecule has 2 heterocycles. The Balaban J connectivity index is 0.00000338. The number of rotatable bonds is 6. The van der Waals surface area contributed by atoms with E-state index in [1.165, 1.54) is 0 Å². The maximum Gasteiger partial charge on any atom is 0.213 e. The molecule has 0 fully saturated rings. The lowest BCUT2D eigenvalue weighted by atomic mass is 9.94. The molecule has 0 spiro atoms. The Morgan fingerprint density at radius 2 is 1.96 bits per heavy atom. The Bertz CT molecular complexity index is 710. The lowest BCUT2D eigenvalue weighted by Crippen LogP contribution is -2.36. The third-order valence-electron chi connectivity index (χ3n) is 3.47. The number of oxazole rings is 1. The molecule has 0 saturated heterocycles. The lowest BCUT2D eigenvalue weighted by molar-refractivity contribution is 0.326. The summed E-state index contributed by atoms with van der Waals surface area (Å²) in [7, 11) is 1.73. The number of aliphatic imine (C=N–C) groups is 1. The minimum Gasteiger partial charge on any atom is -0.478 e. The van der Waals surface area contributed by atoms with Gasteiger partial charge in [0.1, 0.15) is 5.76 Å². The topological polar surface area (TPSA) is 84.6 Å². The summed E-state index contributed by atoms with van der Waals surface area (Å²) >= 11 is 0. The minimum absolute atomic E-state index is 0. The molecule has 2 aromatic rings. The van der Waals surface area contributed by atoms with Crippen molar-refractivity contribution in [2.24, 2.45) is 4.99 Å². The van der Waals surface area contributed by atoms with Gasteiger partial charge in [0.05, 0.1) is 19.3 Å². The number of aromatic nitrogens is 2. The first-order valence-corrected chi connectivity index (χ1v) is 8.39. The monoisotopic (exact) mass is 473 g/mol. The molecule has 144 valence electrons. The Labute approximate surface area is 172 Å². The zero-order valence-corrected chi connectivity index (χ0v) is 18.3. The van der Waals surface area contributed by atoms with Crippen molar-refractivity contribution in [3.63, 3.8) is 0 Å². The minimum atomic E-state index is -0.0508. The molecule has 7 nitrogen and oxygen atoms in total. The first-order chi connectivity index (χ1) is 11.9. The van der Waals surface area contributed by atoms with Gasteiger partial charge < -0.3 is 19.8 Å². The van der Waals surface area contributed by atoms with Crippen LogP contribution in [0.2, 0.25) is 0 Å². The molecule has 0 aliphatic rings. The largest absolute Gasteiger partial charge is 0.478 e. The van der Waals surface area contributed by atoms with Gasteiger partial charge in [0.15, 0.2) is 5.96 Å². The predicted octanol–water partition coefficient (Wildman–Crippen LogP) is 3.25. The van der Waals surface area contributed by atoms with Crippen LogP contribution in [0.1, 0.15) is 44.9 Å². The van der Waals surface area contributed by atoms with E-state index < -0.39 is 0 Å². The van der Waals surface area contributed by atoms with Gasteiger partial charge in [-0.3, -0.25) is 4.99 Å². The van der Waals surface area contributed by atoms with Crippen LogP contribution in [0.3, 0.4) is 0 Å². The number of hydrogen-bond donors (Lipinski definition) is 2. The van der Waals surface area contributed by atoms with Crippen LogP contribution in [-0.4, -0.2) is 29.6 Å². The van der Waals surface area contributed by atoms with Crippen LogP contribution < -0.4 is 15.4 Å². The van der Waals surface area contributed by atoms with Gasteiger partial charge in [0.2, 0.25) is 11.8 Å². The van der Waals surface area contributed by atoms with Gasteiger partial charge in [-0.05, 0) is 18.6 Å². The number of nitrogens with zero attached hydrogens (tertiary/aromatic N) is 3. The van der Waals surface area contributed by atoms with Crippen molar-refractivity contribution in [3.8, 4) is 5.88 Å². The van der Waals surface area contributed by atoms with Crippen LogP contribution in [0.4, 0.5) is 0 Å². The fourth-order valence-electron chi connectivity index (χ4n) is 2.09. The van der Waals surface area contributed by atoms with E-state index in [-0.39, 0.29) is 29.4 Å². The molecular weight excluding hydrogens is 445 g/mol. The second-order valence-corrected chi connectivity index (χ2v) is 6.58. The highest BCUT2D eigenvalue weighted by molar-refractivity contribution is 14.0. The van der Waals surface area contributed by atoms with Crippen LogP contribution >= 0.6 is 24.0 Å². The molecular formula is C18H28IN5O2. The van der Waals surface area contributed by atoms with Gasteiger partial charge in [-0.15, -0.1) is 24.0 Å². The van der Waals surface area contributed by atoms with E-state index in [0.29, 0.717) is 37.4 Å². The Hall–Kier alpha value is -1.84. The standard InChI is InChI=1S/C18H27N5O2.HI/c1-6-24-15-9-13(7-8-20-15)10-22-17(19-5)23-12-16-21-11-14(25-16)18(2,3)4;/h7-9,11H,6,10,12H2,1-5H3,(H2,19,22,23);1H. The maximum atomic E-state index is 5.77. The molecule has 26 heavy (non-hydrogen) atoms. The van der Waals surface area contributed by atoms with Crippen molar-refractivity contribution in [3.05, 3.63) is 41.7 Å². The zero-order chi connectivity index (χ0) is 18.3. The van der Waals surface area contributed by atoms with Crippen molar-refractivity contribution in [1.82, 2.24) is 20.6 Å². The van der Waals surface area contributed by atoms with E-state index in [9.17, 15) is 0 Å². The van der Waals surface area contributed by atoms with Crippen molar-refractivity contribution >= 4 is 29.9 Å². The van der Waals surface area contributed by atoms with E-state index >= 15 is 0 Å². The first-order valence-electron chi connectivity index (χ1n) is 8.39. The van der Waals surface area contributed by atoms with E-state index in [1.54, 1.807) is 19.4 Å². The number of halogens is 1. The molecule has 0 aromatic carbocycles. The summed E-state index contributed by atoms with van der Waals surface area (Å²) < 4.78 is 11.2. The molecule has 0 radical (unpaired) electrons. The van der Waals surface area contributed by atoms with Crippen LogP contribution in [0, 0.1) is 0 Å². The smallest absolute Gasteiger partial charge is 0.213 e. The summed E-state index contributed by atoms with van der Waals surface area (Å²) in [6, 6.07) is 3.85. The predicted molar refractivity (Wildman–Crippen MR) is 113 cm³/mol. The van der Waals surface area contributed by atoms with Gasteiger partial charge in [0, 0.05) is 31.3 Å². The Morgan fingerprint density at radius 1 is 1.23 bits per heavy atom. The molecule has 0 amide bonds. The van der Waals surface area contributed by atoms with Crippen molar-refractivity contribution in [1.29, 1.82) is 0 Å². The van der Waals surface area contributed by atoms with Crippen molar-refractivity contribution in [2.45, 2.75) is 46.2 Å². The Kier molecular flexibility index (Phi) is 8.83. The third-order valence-corrected chi connectivity index (χ3v) is 3.47. The molecule has 0 saturated carbocycles. The molecule has 8 heteroatoms. The molecule has 0 bridgehead atoms. The number of ether oxygens (including phenoxy) is 1. The highest BCUT2D eigenvalue weighted by Crippen LogP contribution is 2.22. The fourth-order valence-corrected chi connectivity index (χ4v) is 2.09. The summed E-state index contributed by atoms with van der Waals surface area (Å²) in [5.74, 6) is 2.80. The molecule has 0 aliphatic carbocycles. The number of hydrogen-bond acceptors (Lipinski definition) is 5. The summed E-state index contributed by atoms with van der Waals surface area (Å²) in [6.45, 7) is 9.90. The average molecular weight is 473 g/mol. The van der Waals surface area contributed by atoms with Crippen molar-refractivity contribution in [2.75, 3.05) is 13.7 Å². The van der Waals surface area contributed by atoms with Crippen LogP contribution in [0.5, 0.6) is 5.88 Å². The molecule has 2 N–H and O–H groups in total. The average Bonchev–Trinajstić information content (AvgIpc) is 3.05. The summed E-state index contributed by atoms with van der Waals surface area (Å²) in [5.41, 5.74) is 1.01. The number of pyridine rings is 1. The molecule has 2 aromatic heterocycles. The summed E-state index contributed by atoms with van der Waals surface area (Å²) in [5, 5.41) is 6.44. The van der Waals surface area contributed by atoms with E-state index in [2.05, 4.69) is 46.4 Å². The second-order valence-electron chi connectivity index (χ2n) is 6.58. The highest BCUT2D eigenvalue weighted by atomic mass is 127. The SMILES string of the molecule is CCOc1cc(CNC(=NC)NCc2ncc(C(C)(C)C)o2)ccn1.I. The summed E-state index contributed by atoms with van der Waals surface area (Å²) in [6.07, 6.45) is 3.51. The number of guanidine groups is 1. The van der Waals surface area contributed by atoms with Crippen LogP contribution in [0.15, 0.2) is 33.9 Å². The van der Waals surface area contributed by atoms with Gasteiger partial charge >= 0.3 is 0 Å². The van der Waals surface area contributed by atoms with Crippen molar-refractivity contribution < 1.29 is 9.15 Å². The highest BCUT2D eigenvalue weighted by Gasteiger charge is 2.19. The lowest BCUT2D eigenvalue weighted by Gasteiger charge is -2.13. The van der Waals surface area contributed by atoms with Crippen LogP contribution in [-0.2, 0) is 18.5 Å². The second kappa shape index (κ2) is 10.3. The van der Waals surface area contributed by atoms with E-state index in [4.69, 9.17) is 9.15 Å². The van der Waals surface area contributed by atoms with E-state index in [1.807, 2.05) is 19.1 Å². The normalized spacial score (nSPS) is 11.7. The maximum absolute atomic E-state index is 5.77. The molecule has 0 aliphatic heterocycles. The Morgan fingerprint density at radius 3 is 2.58 bits per heavy atom. The van der Waals surface area contributed by atoms with Gasteiger partial charge in [-0.2, -0.15) is 0 Å². The molecule has 0 atom stereocenters. The van der Waals surface area contributed by atoms with E-state index in [0.717, 1.165) is 11.3 Å². The quantitative estimate of drug-likeness (QED) is 0.381. The number of nitrogens with one attached hydrogen (secondary N) is 2. The summed E-state index contributed by atoms with van der Waals surface area (Å²) in [4.78, 5) is 12.7. The molecule has 2 rings (SSSR count). The zero-order valence-electron chi connectivity index (χ0n) is 16.0.